The van der Waals surface area contributed by atoms with Gasteiger partial charge >= 0.3 is 0 Å². The van der Waals surface area contributed by atoms with Crippen LogP contribution < -0.4 is 11.1 Å². The lowest BCUT2D eigenvalue weighted by molar-refractivity contribution is 0.399. The molecule has 3 N–H and O–H groups in total. The Morgan fingerprint density at radius 3 is 3.07 bits per heavy atom. The maximum absolute atomic E-state index is 5.57. The molecule has 1 unspecified atom stereocenters. The van der Waals surface area contributed by atoms with E-state index in [0.717, 1.165) is 18.3 Å². The quantitative estimate of drug-likeness (QED) is 0.775. The SMILES string of the molecule is CN1CCC(CNc2ccc(N)cn2)C1. The Hall–Kier alpha value is -1.29. The molecular weight excluding hydrogens is 188 g/mol. The van der Waals surface area contributed by atoms with E-state index in [-0.39, 0.29) is 0 Å². The Morgan fingerprint density at radius 1 is 1.60 bits per heavy atom. The normalized spacial score (nSPS) is 21.8. The summed E-state index contributed by atoms with van der Waals surface area (Å²) in [4.78, 5) is 6.57. The van der Waals surface area contributed by atoms with Crippen LogP contribution in [0, 0.1) is 5.92 Å². The lowest BCUT2D eigenvalue weighted by atomic mass is 10.1. The van der Waals surface area contributed by atoms with Gasteiger partial charge in [0.2, 0.25) is 0 Å². The Bertz CT molecular complexity index is 309. The van der Waals surface area contributed by atoms with Crippen molar-refractivity contribution in [1.29, 1.82) is 0 Å². The molecule has 2 heterocycles. The van der Waals surface area contributed by atoms with Gasteiger partial charge in [0.25, 0.3) is 0 Å². The van der Waals surface area contributed by atoms with E-state index in [1.54, 1.807) is 6.20 Å². The van der Waals surface area contributed by atoms with E-state index in [1.807, 2.05) is 12.1 Å². The van der Waals surface area contributed by atoms with Gasteiger partial charge < -0.3 is 16.0 Å². The fraction of sp³-hybridized carbons (Fsp3) is 0.545. The lowest BCUT2D eigenvalue weighted by Gasteiger charge is -2.11. The average Bonchev–Trinajstić information content (AvgIpc) is 2.64. The molecule has 4 heteroatoms. The monoisotopic (exact) mass is 206 g/mol. The number of pyridine rings is 1. The summed E-state index contributed by atoms with van der Waals surface area (Å²) in [5.74, 6) is 1.66. The molecule has 4 nitrogen and oxygen atoms in total. The van der Waals surface area contributed by atoms with Crippen molar-refractivity contribution in [3.8, 4) is 0 Å². The van der Waals surface area contributed by atoms with Crippen LogP contribution in [0.4, 0.5) is 11.5 Å². The van der Waals surface area contributed by atoms with Gasteiger partial charge in [-0.2, -0.15) is 0 Å². The zero-order chi connectivity index (χ0) is 10.7. The van der Waals surface area contributed by atoms with Crippen LogP contribution in [0.25, 0.3) is 0 Å². The highest BCUT2D eigenvalue weighted by Gasteiger charge is 2.18. The second-order valence-electron chi connectivity index (χ2n) is 4.27. The predicted molar refractivity (Wildman–Crippen MR) is 62.7 cm³/mol. The van der Waals surface area contributed by atoms with Gasteiger partial charge in [-0.15, -0.1) is 0 Å². The molecule has 0 aromatic carbocycles. The van der Waals surface area contributed by atoms with Crippen molar-refractivity contribution < 1.29 is 0 Å². The van der Waals surface area contributed by atoms with Gasteiger partial charge in [0.1, 0.15) is 5.82 Å². The largest absolute Gasteiger partial charge is 0.397 e. The van der Waals surface area contributed by atoms with Crippen molar-refractivity contribution in [2.75, 3.05) is 37.7 Å². The van der Waals surface area contributed by atoms with E-state index in [4.69, 9.17) is 5.73 Å². The summed E-state index contributed by atoms with van der Waals surface area (Å²) in [6.45, 7) is 3.39. The smallest absolute Gasteiger partial charge is 0.126 e. The average molecular weight is 206 g/mol. The molecule has 1 aliphatic rings. The lowest BCUT2D eigenvalue weighted by Crippen LogP contribution is -2.19. The van der Waals surface area contributed by atoms with Crippen molar-refractivity contribution in [3.05, 3.63) is 18.3 Å². The molecule has 0 radical (unpaired) electrons. The predicted octanol–water partition coefficient (Wildman–Crippen LogP) is 1.03. The third kappa shape index (κ3) is 2.83. The van der Waals surface area contributed by atoms with Crippen LogP contribution in [0.5, 0.6) is 0 Å². The van der Waals surface area contributed by atoms with Crippen LogP contribution in [0.15, 0.2) is 18.3 Å². The number of anilines is 2. The van der Waals surface area contributed by atoms with Crippen molar-refractivity contribution in [2.45, 2.75) is 6.42 Å². The highest BCUT2D eigenvalue weighted by molar-refractivity contribution is 5.43. The van der Waals surface area contributed by atoms with Gasteiger partial charge in [-0.1, -0.05) is 0 Å². The minimum atomic E-state index is 0.709. The number of likely N-dealkylation sites (tertiary alicyclic amines) is 1. The zero-order valence-electron chi connectivity index (χ0n) is 9.11. The third-order valence-corrected chi connectivity index (χ3v) is 2.85. The Balaban J connectivity index is 1.80. The van der Waals surface area contributed by atoms with Crippen LogP contribution in [0.2, 0.25) is 0 Å². The van der Waals surface area contributed by atoms with Crippen molar-refractivity contribution in [1.82, 2.24) is 9.88 Å². The second kappa shape index (κ2) is 4.49. The van der Waals surface area contributed by atoms with Gasteiger partial charge in [0, 0.05) is 13.1 Å². The fourth-order valence-electron chi connectivity index (χ4n) is 1.95. The van der Waals surface area contributed by atoms with Crippen LogP contribution >= 0.6 is 0 Å². The van der Waals surface area contributed by atoms with Gasteiger partial charge in [0.15, 0.2) is 0 Å². The number of nitrogens with two attached hydrogens (primary N) is 1. The molecule has 0 saturated carbocycles. The summed E-state index contributed by atoms with van der Waals surface area (Å²) in [5, 5.41) is 3.34. The summed E-state index contributed by atoms with van der Waals surface area (Å²) in [6.07, 6.45) is 2.96. The van der Waals surface area contributed by atoms with Crippen LogP contribution in [0.3, 0.4) is 0 Å². The number of nitrogens with zero attached hydrogens (tertiary/aromatic N) is 2. The van der Waals surface area contributed by atoms with Crippen molar-refractivity contribution in [2.24, 2.45) is 5.92 Å². The third-order valence-electron chi connectivity index (χ3n) is 2.85. The highest BCUT2D eigenvalue weighted by Crippen LogP contribution is 2.15. The minimum Gasteiger partial charge on any atom is -0.397 e. The molecule has 1 aromatic rings. The Labute approximate surface area is 90.5 Å². The topological polar surface area (TPSA) is 54.2 Å². The number of nitrogens with one attached hydrogen (secondary N) is 1. The molecule has 1 saturated heterocycles. The van der Waals surface area contributed by atoms with E-state index in [1.165, 1.54) is 19.5 Å². The van der Waals surface area contributed by atoms with Crippen molar-refractivity contribution >= 4 is 11.5 Å². The minimum absolute atomic E-state index is 0.709. The standard InChI is InChI=1S/C11H18N4/c1-15-5-4-9(8-15)6-13-11-3-2-10(12)7-14-11/h2-3,7,9H,4-6,8,12H2,1H3,(H,13,14). The van der Waals surface area contributed by atoms with Crippen LogP contribution in [-0.4, -0.2) is 36.6 Å². The summed E-state index contributed by atoms with van der Waals surface area (Å²) in [6, 6.07) is 3.80. The summed E-state index contributed by atoms with van der Waals surface area (Å²) >= 11 is 0. The number of nitrogen functional groups attached to an aromatic ring is 1. The number of aromatic nitrogens is 1. The molecule has 1 fully saturated rings. The fourth-order valence-corrected chi connectivity index (χ4v) is 1.95. The zero-order valence-corrected chi connectivity index (χ0v) is 9.11. The van der Waals surface area contributed by atoms with Crippen molar-refractivity contribution in [3.63, 3.8) is 0 Å². The van der Waals surface area contributed by atoms with E-state index >= 15 is 0 Å². The van der Waals surface area contributed by atoms with E-state index in [0.29, 0.717) is 5.69 Å². The number of hydrogen-bond donors (Lipinski definition) is 2. The highest BCUT2D eigenvalue weighted by atomic mass is 15.1. The summed E-state index contributed by atoms with van der Waals surface area (Å²) in [5.41, 5.74) is 6.28. The van der Waals surface area contributed by atoms with E-state index in [9.17, 15) is 0 Å². The van der Waals surface area contributed by atoms with Gasteiger partial charge in [0.05, 0.1) is 11.9 Å². The first kappa shape index (κ1) is 10.2. The number of rotatable bonds is 3. The maximum atomic E-state index is 5.57. The van der Waals surface area contributed by atoms with Gasteiger partial charge in [-0.25, -0.2) is 4.98 Å². The summed E-state index contributed by atoms with van der Waals surface area (Å²) in [7, 11) is 2.17. The van der Waals surface area contributed by atoms with Gasteiger partial charge in [-0.05, 0) is 38.1 Å². The first-order chi connectivity index (χ1) is 7.24. The van der Waals surface area contributed by atoms with Gasteiger partial charge in [-0.3, -0.25) is 0 Å². The molecule has 0 aliphatic carbocycles. The molecule has 1 atom stereocenters. The number of hydrogen-bond acceptors (Lipinski definition) is 4. The van der Waals surface area contributed by atoms with Crippen LogP contribution in [0.1, 0.15) is 6.42 Å². The molecule has 1 aromatic heterocycles. The molecule has 1 aliphatic heterocycles. The molecule has 82 valence electrons. The molecule has 0 spiro atoms. The first-order valence-electron chi connectivity index (χ1n) is 5.38. The Kier molecular flexibility index (Phi) is 3.06. The van der Waals surface area contributed by atoms with Crippen LogP contribution in [-0.2, 0) is 0 Å². The maximum Gasteiger partial charge on any atom is 0.126 e. The Morgan fingerprint density at radius 2 is 2.47 bits per heavy atom. The second-order valence-corrected chi connectivity index (χ2v) is 4.27. The summed E-state index contributed by atoms with van der Waals surface area (Å²) < 4.78 is 0. The van der Waals surface area contributed by atoms with E-state index in [2.05, 4.69) is 22.2 Å². The molecule has 2 rings (SSSR count). The first-order valence-corrected chi connectivity index (χ1v) is 5.38. The molecule has 0 amide bonds. The molecule has 15 heavy (non-hydrogen) atoms. The molecule has 0 bridgehead atoms. The molecular formula is C11H18N4. The van der Waals surface area contributed by atoms with E-state index < -0.39 is 0 Å².